The molecule has 2 aromatic rings. The maximum absolute atomic E-state index is 11.4. The number of esters is 1. The van der Waals surface area contributed by atoms with Gasteiger partial charge in [-0.3, -0.25) is 9.48 Å². The third kappa shape index (κ3) is 3.35. The number of anilines is 1. The molecule has 1 heterocycles. The molecule has 2 N–H and O–H groups in total. The summed E-state index contributed by atoms with van der Waals surface area (Å²) in [5, 5.41) is 4.18. The minimum Gasteiger partial charge on any atom is -0.469 e. The standard InChI is InChI=1S/C13H14BrN3O2/c1-19-12(18)6-9-4-2-3-5-10(9)7-17-8-11(14)13(15)16-17/h2-5,8H,6-7H2,1H3,(H2,15,16). The Balaban J connectivity index is 2.22. The van der Waals surface area contributed by atoms with Crippen LogP contribution >= 0.6 is 15.9 Å². The zero-order chi connectivity index (χ0) is 13.8. The summed E-state index contributed by atoms with van der Waals surface area (Å²) >= 11 is 3.32. The van der Waals surface area contributed by atoms with Gasteiger partial charge < -0.3 is 10.5 Å². The van der Waals surface area contributed by atoms with Crippen LogP contribution in [0.15, 0.2) is 34.9 Å². The van der Waals surface area contributed by atoms with Crippen LogP contribution in [0.5, 0.6) is 0 Å². The lowest BCUT2D eigenvalue weighted by atomic mass is 10.0. The summed E-state index contributed by atoms with van der Waals surface area (Å²) in [7, 11) is 1.39. The summed E-state index contributed by atoms with van der Waals surface area (Å²) in [6.45, 7) is 0.558. The number of rotatable bonds is 4. The number of nitrogens with zero attached hydrogens (tertiary/aromatic N) is 2. The monoisotopic (exact) mass is 323 g/mol. The van der Waals surface area contributed by atoms with Crippen LogP contribution in [0.2, 0.25) is 0 Å². The fraction of sp³-hybridized carbons (Fsp3) is 0.231. The highest BCUT2D eigenvalue weighted by Gasteiger charge is 2.09. The average molecular weight is 324 g/mol. The van der Waals surface area contributed by atoms with E-state index in [-0.39, 0.29) is 12.4 Å². The fourth-order valence-corrected chi connectivity index (χ4v) is 2.10. The third-order valence-corrected chi connectivity index (χ3v) is 3.37. The number of methoxy groups -OCH3 is 1. The van der Waals surface area contributed by atoms with Gasteiger partial charge in [0.2, 0.25) is 0 Å². The Morgan fingerprint density at radius 1 is 1.42 bits per heavy atom. The largest absolute Gasteiger partial charge is 0.469 e. The minimum atomic E-state index is -0.256. The van der Waals surface area contributed by atoms with Crippen molar-refractivity contribution in [3.05, 3.63) is 46.1 Å². The van der Waals surface area contributed by atoms with Crippen LogP contribution in [0.1, 0.15) is 11.1 Å². The van der Waals surface area contributed by atoms with Crippen molar-refractivity contribution in [2.24, 2.45) is 0 Å². The highest BCUT2D eigenvalue weighted by atomic mass is 79.9. The van der Waals surface area contributed by atoms with Crippen molar-refractivity contribution in [3.8, 4) is 0 Å². The molecule has 0 saturated carbocycles. The Bertz CT molecular complexity index is 576. The number of nitrogens with two attached hydrogens (primary N) is 1. The summed E-state index contributed by atoms with van der Waals surface area (Å²) in [5.74, 6) is 0.194. The van der Waals surface area contributed by atoms with E-state index in [9.17, 15) is 4.79 Å². The normalized spacial score (nSPS) is 10.4. The highest BCUT2D eigenvalue weighted by Crippen LogP contribution is 2.18. The fourth-order valence-electron chi connectivity index (χ4n) is 1.78. The quantitative estimate of drug-likeness (QED) is 0.873. The Morgan fingerprint density at radius 2 is 2.11 bits per heavy atom. The zero-order valence-electron chi connectivity index (χ0n) is 10.5. The maximum atomic E-state index is 11.4. The van der Waals surface area contributed by atoms with Crippen LogP contribution in [0.3, 0.4) is 0 Å². The molecule has 0 spiro atoms. The molecule has 0 aliphatic rings. The molecule has 5 nitrogen and oxygen atoms in total. The van der Waals surface area contributed by atoms with Crippen LogP contribution < -0.4 is 5.73 Å². The molecular weight excluding hydrogens is 310 g/mol. The first-order chi connectivity index (χ1) is 9.10. The lowest BCUT2D eigenvalue weighted by Crippen LogP contribution is -2.09. The summed E-state index contributed by atoms with van der Waals surface area (Å²) in [6.07, 6.45) is 2.06. The molecule has 0 aliphatic heterocycles. The molecule has 0 aliphatic carbocycles. The molecule has 0 saturated heterocycles. The molecule has 100 valence electrons. The Hall–Kier alpha value is -1.82. The zero-order valence-corrected chi connectivity index (χ0v) is 12.1. The molecular formula is C13H14BrN3O2. The van der Waals surface area contributed by atoms with Gasteiger partial charge in [0.1, 0.15) is 0 Å². The van der Waals surface area contributed by atoms with Gasteiger partial charge in [-0.05, 0) is 27.1 Å². The number of halogens is 1. The van der Waals surface area contributed by atoms with E-state index in [4.69, 9.17) is 10.5 Å². The SMILES string of the molecule is COC(=O)Cc1ccccc1Cn1cc(Br)c(N)n1. The molecule has 0 bridgehead atoms. The lowest BCUT2D eigenvalue weighted by Gasteiger charge is -2.08. The summed E-state index contributed by atoms with van der Waals surface area (Å²) in [6, 6.07) is 7.70. The van der Waals surface area contributed by atoms with Gasteiger partial charge in [-0.25, -0.2) is 0 Å². The summed E-state index contributed by atoms with van der Waals surface area (Å²) in [5.41, 5.74) is 7.63. The topological polar surface area (TPSA) is 70.1 Å². The number of aromatic nitrogens is 2. The average Bonchev–Trinajstić information content (AvgIpc) is 2.70. The molecule has 2 rings (SSSR count). The second kappa shape index (κ2) is 5.88. The molecule has 1 aromatic heterocycles. The third-order valence-electron chi connectivity index (χ3n) is 2.76. The number of hydrogen-bond acceptors (Lipinski definition) is 4. The number of ether oxygens (including phenoxy) is 1. The molecule has 0 amide bonds. The minimum absolute atomic E-state index is 0.255. The number of benzene rings is 1. The Morgan fingerprint density at radius 3 is 2.68 bits per heavy atom. The van der Waals surface area contributed by atoms with E-state index < -0.39 is 0 Å². The van der Waals surface area contributed by atoms with E-state index in [1.165, 1.54) is 7.11 Å². The molecule has 1 aromatic carbocycles. The van der Waals surface area contributed by atoms with Gasteiger partial charge in [-0.2, -0.15) is 5.10 Å². The van der Waals surface area contributed by atoms with Crippen LogP contribution in [0.4, 0.5) is 5.82 Å². The van der Waals surface area contributed by atoms with E-state index >= 15 is 0 Å². The summed E-state index contributed by atoms with van der Waals surface area (Å²) in [4.78, 5) is 11.4. The van der Waals surface area contributed by atoms with Gasteiger partial charge in [0.25, 0.3) is 0 Å². The van der Waals surface area contributed by atoms with Gasteiger partial charge in [0.05, 0.1) is 24.5 Å². The van der Waals surface area contributed by atoms with Crippen LogP contribution in [-0.4, -0.2) is 22.9 Å². The van der Waals surface area contributed by atoms with Gasteiger partial charge in [0, 0.05) is 6.20 Å². The Labute approximate surface area is 119 Å². The molecule has 19 heavy (non-hydrogen) atoms. The van der Waals surface area contributed by atoms with E-state index in [1.54, 1.807) is 4.68 Å². The molecule has 0 atom stereocenters. The van der Waals surface area contributed by atoms with Gasteiger partial charge >= 0.3 is 5.97 Å². The summed E-state index contributed by atoms with van der Waals surface area (Å²) < 4.78 is 7.19. The second-order valence-corrected chi connectivity index (χ2v) is 4.94. The lowest BCUT2D eigenvalue weighted by molar-refractivity contribution is -0.139. The molecule has 0 radical (unpaired) electrons. The number of carbonyl (C=O) groups excluding carboxylic acids is 1. The van der Waals surface area contributed by atoms with E-state index in [1.807, 2.05) is 30.5 Å². The molecule has 0 fully saturated rings. The van der Waals surface area contributed by atoms with Crippen LogP contribution in [0, 0.1) is 0 Å². The van der Waals surface area contributed by atoms with Gasteiger partial charge in [-0.1, -0.05) is 24.3 Å². The predicted molar refractivity (Wildman–Crippen MR) is 75.6 cm³/mol. The van der Waals surface area contributed by atoms with Crippen molar-refractivity contribution in [1.82, 2.24) is 9.78 Å². The van der Waals surface area contributed by atoms with Crippen molar-refractivity contribution >= 4 is 27.7 Å². The van der Waals surface area contributed by atoms with E-state index in [0.717, 1.165) is 15.6 Å². The highest BCUT2D eigenvalue weighted by molar-refractivity contribution is 9.10. The van der Waals surface area contributed by atoms with E-state index in [2.05, 4.69) is 21.0 Å². The predicted octanol–water partition coefficient (Wildman–Crippen LogP) is 1.99. The van der Waals surface area contributed by atoms with Crippen molar-refractivity contribution in [3.63, 3.8) is 0 Å². The number of carbonyl (C=O) groups is 1. The maximum Gasteiger partial charge on any atom is 0.309 e. The molecule has 6 heteroatoms. The van der Waals surface area contributed by atoms with E-state index in [0.29, 0.717) is 12.4 Å². The smallest absolute Gasteiger partial charge is 0.309 e. The van der Waals surface area contributed by atoms with Crippen LogP contribution in [-0.2, 0) is 22.5 Å². The molecule has 0 unspecified atom stereocenters. The van der Waals surface area contributed by atoms with Gasteiger partial charge in [0.15, 0.2) is 5.82 Å². The second-order valence-electron chi connectivity index (χ2n) is 4.08. The first kappa shape index (κ1) is 13.6. The first-order valence-electron chi connectivity index (χ1n) is 5.72. The van der Waals surface area contributed by atoms with Crippen molar-refractivity contribution in [2.45, 2.75) is 13.0 Å². The Kier molecular flexibility index (Phi) is 4.21. The van der Waals surface area contributed by atoms with Crippen molar-refractivity contribution in [1.29, 1.82) is 0 Å². The van der Waals surface area contributed by atoms with Crippen LogP contribution in [0.25, 0.3) is 0 Å². The first-order valence-corrected chi connectivity index (χ1v) is 6.51. The number of hydrogen-bond donors (Lipinski definition) is 1. The number of nitrogen functional groups attached to an aromatic ring is 1. The van der Waals surface area contributed by atoms with Crippen molar-refractivity contribution in [2.75, 3.05) is 12.8 Å². The van der Waals surface area contributed by atoms with Gasteiger partial charge in [-0.15, -0.1) is 0 Å². The van der Waals surface area contributed by atoms with Crippen molar-refractivity contribution < 1.29 is 9.53 Å².